The summed E-state index contributed by atoms with van der Waals surface area (Å²) in [5.74, 6) is -0.170. The molecule has 2 N–H and O–H groups in total. The van der Waals surface area contributed by atoms with E-state index in [-0.39, 0.29) is 18.4 Å². The molecule has 1 atom stereocenters. The maximum Gasteiger partial charge on any atom is 0.253 e. The Hall–Kier alpha value is -2.42. The molecule has 1 aliphatic rings. The first-order valence-electron chi connectivity index (χ1n) is 8.06. The molecular formula is C17H22N4O2. The van der Waals surface area contributed by atoms with Crippen LogP contribution in [-0.2, 0) is 4.79 Å². The normalized spacial score (nSPS) is 16.1. The molecule has 1 aromatic rings. The molecule has 0 bridgehead atoms. The summed E-state index contributed by atoms with van der Waals surface area (Å²) < 4.78 is 0. The fourth-order valence-corrected chi connectivity index (χ4v) is 2.98. The number of nitrogens with one attached hydrogen (secondary N) is 2. The van der Waals surface area contributed by atoms with Crippen LogP contribution in [0.15, 0.2) is 24.5 Å². The van der Waals surface area contributed by atoms with Crippen LogP contribution in [0.5, 0.6) is 0 Å². The summed E-state index contributed by atoms with van der Waals surface area (Å²) in [7, 11) is 0. The summed E-state index contributed by atoms with van der Waals surface area (Å²) >= 11 is 0. The second kappa shape index (κ2) is 8.89. The van der Waals surface area contributed by atoms with Crippen LogP contribution in [0.4, 0.5) is 0 Å². The van der Waals surface area contributed by atoms with E-state index in [1.165, 1.54) is 25.5 Å². The highest BCUT2D eigenvalue weighted by Crippen LogP contribution is 2.27. The van der Waals surface area contributed by atoms with Crippen molar-refractivity contribution in [2.24, 2.45) is 5.92 Å². The van der Waals surface area contributed by atoms with Crippen molar-refractivity contribution >= 4 is 11.8 Å². The maximum atomic E-state index is 12.3. The minimum atomic E-state index is -0.612. The second-order valence-corrected chi connectivity index (χ2v) is 5.88. The van der Waals surface area contributed by atoms with Gasteiger partial charge >= 0.3 is 0 Å². The van der Waals surface area contributed by atoms with Gasteiger partial charge in [0.15, 0.2) is 0 Å². The van der Waals surface area contributed by atoms with E-state index in [4.69, 9.17) is 5.26 Å². The minimum absolute atomic E-state index is 0.0528. The lowest BCUT2D eigenvalue weighted by atomic mass is 9.84. The minimum Gasteiger partial charge on any atom is -0.341 e. The monoisotopic (exact) mass is 314 g/mol. The van der Waals surface area contributed by atoms with Crippen LogP contribution < -0.4 is 10.6 Å². The predicted octanol–water partition coefficient (Wildman–Crippen LogP) is 1.79. The molecule has 1 fully saturated rings. The van der Waals surface area contributed by atoms with Crippen molar-refractivity contribution < 1.29 is 9.59 Å². The highest BCUT2D eigenvalue weighted by atomic mass is 16.2. The second-order valence-electron chi connectivity index (χ2n) is 5.88. The fraction of sp³-hybridized carbons (Fsp3) is 0.529. The summed E-state index contributed by atoms with van der Waals surface area (Å²) in [4.78, 5) is 28.4. The summed E-state index contributed by atoms with van der Waals surface area (Å²) in [6, 6.07) is 4.62. The Morgan fingerprint density at radius 3 is 2.78 bits per heavy atom. The molecule has 0 radical (unpaired) electrons. The molecule has 0 saturated heterocycles. The number of aromatic nitrogens is 1. The van der Waals surface area contributed by atoms with Gasteiger partial charge in [0.1, 0.15) is 12.6 Å². The number of hydrogen-bond donors (Lipinski definition) is 2. The Labute approximate surface area is 136 Å². The average Bonchev–Trinajstić information content (AvgIpc) is 2.60. The molecule has 1 saturated carbocycles. The quantitative estimate of drug-likeness (QED) is 0.783. The first kappa shape index (κ1) is 16.9. The van der Waals surface area contributed by atoms with Gasteiger partial charge in [0.25, 0.3) is 5.91 Å². The van der Waals surface area contributed by atoms with Crippen molar-refractivity contribution in [1.29, 1.82) is 5.26 Å². The third-order valence-corrected chi connectivity index (χ3v) is 4.18. The first-order valence-corrected chi connectivity index (χ1v) is 8.06. The van der Waals surface area contributed by atoms with Crippen LogP contribution in [-0.4, -0.2) is 29.4 Å². The molecule has 1 heterocycles. The first-order chi connectivity index (χ1) is 11.2. The van der Waals surface area contributed by atoms with Crippen LogP contribution in [0.2, 0.25) is 0 Å². The number of nitriles is 1. The molecule has 0 aromatic carbocycles. The third kappa shape index (κ3) is 5.37. The van der Waals surface area contributed by atoms with Crippen molar-refractivity contribution in [1.82, 2.24) is 15.6 Å². The number of carbonyl (C=O) groups excluding carboxylic acids is 2. The van der Waals surface area contributed by atoms with Gasteiger partial charge in [0.2, 0.25) is 5.91 Å². The van der Waals surface area contributed by atoms with Crippen LogP contribution in [0.1, 0.15) is 48.9 Å². The highest BCUT2D eigenvalue weighted by molar-refractivity contribution is 5.97. The van der Waals surface area contributed by atoms with Gasteiger partial charge in [0, 0.05) is 12.4 Å². The Balaban J connectivity index is 2.01. The summed E-state index contributed by atoms with van der Waals surface area (Å²) in [6.07, 6.45) is 9.44. The van der Waals surface area contributed by atoms with Gasteiger partial charge < -0.3 is 10.6 Å². The van der Waals surface area contributed by atoms with E-state index in [2.05, 4.69) is 15.6 Å². The van der Waals surface area contributed by atoms with E-state index >= 15 is 0 Å². The molecule has 1 aromatic heterocycles. The SMILES string of the molecule is N#CCNC(=O)[C@H](CC1CCCCC1)NC(=O)c1cccnc1. The van der Waals surface area contributed by atoms with Gasteiger partial charge in [-0.1, -0.05) is 32.1 Å². The molecular weight excluding hydrogens is 292 g/mol. The Bertz CT molecular complexity index is 562. The molecule has 6 nitrogen and oxygen atoms in total. The zero-order valence-corrected chi connectivity index (χ0v) is 13.1. The summed E-state index contributed by atoms with van der Waals surface area (Å²) in [5.41, 5.74) is 0.425. The van der Waals surface area contributed by atoms with Crippen LogP contribution in [0, 0.1) is 17.2 Å². The van der Waals surface area contributed by atoms with Gasteiger partial charge in [-0.05, 0) is 24.5 Å². The van der Waals surface area contributed by atoms with Crippen LogP contribution >= 0.6 is 0 Å². The van der Waals surface area contributed by atoms with Gasteiger partial charge in [0.05, 0.1) is 11.6 Å². The Morgan fingerprint density at radius 1 is 1.35 bits per heavy atom. The smallest absolute Gasteiger partial charge is 0.253 e. The van der Waals surface area contributed by atoms with Gasteiger partial charge in [-0.25, -0.2) is 0 Å². The average molecular weight is 314 g/mol. The fourth-order valence-electron chi connectivity index (χ4n) is 2.98. The summed E-state index contributed by atoms with van der Waals surface area (Å²) in [5, 5.41) is 14.0. The molecule has 0 aliphatic heterocycles. The molecule has 122 valence electrons. The third-order valence-electron chi connectivity index (χ3n) is 4.18. The van der Waals surface area contributed by atoms with E-state index in [9.17, 15) is 9.59 Å². The lowest BCUT2D eigenvalue weighted by molar-refractivity contribution is -0.123. The van der Waals surface area contributed by atoms with E-state index < -0.39 is 6.04 Å². The topological polar surface area (TPSA) is 94.9 Å². The molecule has 1 aliphatic carbocycles. The van der Waals surface area contributed by atoms with E-state index in [1.54, 1.807) is 18.3 Å². The lowest BCUT2D eigenvalue weighted by Gasteiger charge is -2.26. The maximum absolute atomic E-state index is 12.3. The molecule has 23 heavy (non-hydrogen) atoms. The van der Waals surface area contributed by atoms with Crippen molar-refractivity contribution in [3.8, 4) is 6.07 Å². The van der Waals surface area contributed by atoms with Crippen molar-refractivity contribution in [3.63, 3.8) is 0 Å². The van der Waals surface area contributed by atoms with Crippen molar-refractivity contribution in [2.45, 2.75) is 44.6 Å². The standard InChI is InChI=1S/C17H22N4O2/c18-8-10-20-17(23)15(11-13-5-2-1-3-6-13)21-16(22)14-7-4-9-19-12-14/h4,7,9,12-13,15H,1-3,5-6,10-11H2,(H,20,23)(H,21,22)/t15-/m0/s1. The number of carbonyl (C=O) groups is 2. The van der Waals surface area contributed by atoms with Gasteiger partial charge in [-0.2, -0.15) is 5.26 Å². The van der Waals surface area contributed by atoms with E-state index in [1.807, 2.05) is 6.07 Å². The Morgan fingerprint density at radius 2 is 2.13 bits per heavy atom. The number of pyridine rings is 1. The van der Waals surface area contributed by atoms with Crippen molar-refractivity contribution in [3.05, 3.63) is 30.1 Å². The predicted molar refractivity (Wildman–Crippen MR) is 85.3 cm³/mol. The Kier molecular flexibility index (Phi) is 6.55. The van der Waals surface area contributed by atoms with Gasteiger partial charge in [-0.3, -0.25) is 14.6 Å². The van der Waals surface area contributed by atoms with Crippen LogP contribution in [0.25, 0.3) is 0 Å². The lowest BCUT2D eigenvalue weighted by Crippen LogP contribution is -2.48. The number of nitrogens with zero attached hydrogens (tertiary/aromatic N) is 2. The molecule has 0 spiro atoms. The number of amides is 2. The molecule has 2 rings (SSSR count). The van der Waals surface area contributed by atoms with E-state index in [0.717, 1.165) is 12.8 Å². The largest absolute Gasteiger partial charge is 0.341 e. The van der Waals surface area contributed by atoms with E-state index in [0.29, 0.717) is 17.9 Å². The number of rotatable bonds is 6. The zero-order chi connectivity index (χ0) is 16.5. The summed E-state index contributed by atoms with van der Waals surface area (Å²) in [6.45, 7) is -0.0528. The molecule has 2 amide bonds. The van der Waals surface area contributed by atoms with Gasteiger partial charge in [-0.15, -0.1) is 0 Å². The van der Waals surface area contributed by atoms with Crippen molar-refractivity contribution in [2.75, 3.05) is 6.54 Å². The number of hydrogen-bond acceptors (Lipinski definition) is 4. The van der Waals surface area contributed by atoms with Crippen LogP contribution in [0.3, 0.4) is 0 Å². The molecule has 6 heteroatoms. The highest BCUT2D eigenvalue weighted by Gasteiger charge is 2.26. The molecule has 0 unspecified atom stereocenters. The zero-order valence-electron chi connectivity index (χ0n) is 13.1.